The van der Waals surface area contributed by atoms with Crippen molar-refractivity contribution in [2.24, 2.45) is 0 Å². The molecule has 0 aromatic heterocycles. The van der Waals surface area contributed by atoms with E-state index in [1.807, 2.05) is 42.5 Å². The monoisotopic (exact) mass is 331 g/mol. The molecule has 0 aliphatic carbocycles. The second-order valence-corrected chi connectivity index (χ2v) is 5.79. The maximum absolute atomic E-state index is 12.1. The van der Waals surface area contributed by atoms with Gasteiger partial charge < -0.3 is 14.8 Å². The van der Waals surface area contributed by atoms with E-state index in [0.29, 0.717) is 24.7 Å². The van der Waals surface area contributed by atoms with Gasteiger partial charge in [-0.05, 0) is 30.3 Å². The topological polar surface area (TPSA) is 47.6 Å². The highest BCUT2D eigenvalue weighted by molar-refractivity contribution is 6.30. The van der Waals surface area contributed by atoms with Crippen molar-refractivity contribution in [2.75, 3.05) is 13.2 Å². The third-order valence-electron chi connectivity index (χ3n) is 3.69. The Labute approximate surface area is 140 Å². The minimum atomic E-state index is -0.0679. The molecule has 0 saturated carbocycles. The highest BCUT2D eigenvalue weighted by Crippen LogP contribution is 2.33. The first-order valence-corrected chi connectivity index (χ1v) is 7.99. The molecule has 0 radical (unpaired) electrons. The Kier molecular flexibility index (Phi) is 5.03. The third-order valence-corrected chi connectivity index (χ3v) is 3.92. The van der Waals surface area contributed by atoms with Gasteiger partial charge in [-0.15, -0.1) is 0 Å². The van der Waals surface area contributed by atoms with Gasteiger partial charge in [0, 0.05) is 17.0 Å². The van der Waals surface area contributed by atoms with Crippen LogP contribution >= 0.6 is 11.6 Å². The highest BCUT2D eigenvalue weighted by atomic mass is 35.5. The second-order valence-electron chi connectivity index (χ2n) is 5.35. The number of rotatable bonds is 5. The molecule has 0 saturated heterocycles. The first kappa shape index (κ1) is 15.7. The number of ether oxygens (including phenoxy) is 2. The van der Waals surface area contributed by atoms with Gasteiger partial charge in [-0.3, -0.25) is 4.79 Å². The summed E-state index contributed by atoms with van der Waals surface area (Å²) in [6.45, 7) is 0.932. The van der Waals surface area contributed by atoms with E-state index in [2.05, 4.69) is 5.32 Å². The van der Waals surface area contributed by atoms with E-state index in [4.69, 9.17) is 21.1 Å². The summed E-state index contributed by atoms with van der Waals surface area (Å²) in [4.78, 5) is 12.1. The first-order chi connectivity index (χ1) is 11.2. The van der Waals surface area contributed by atoms with Gasteiger partial charge >= 0.3 is 0 Å². The smallest absolute Gasteiger partial charge is 0.223 e. The summed E-state index contributed by atoms with van der Waals surface area (Å²) in [7, 11) is 0. The van der Waals surface area contributed by atoms with Crippen LogP contribution in [0.2, 0.25) is 5.02 Å². The number of benzene rings is 2. The van der Waals surface area contributed by atoms with Gasteiger partial charge in [0.2, 0.25) is 5.91 Å². The SMILES string of the molecule is O=C(CCOc1ccccc1)NC1CCOc2ccc(Cl)cc21. The molecule has 3 rings (SSSR count). The fraction of sp³-hybridized carbons (Fsp3) is 0.278. The van der Waals surface area contributed by atoms with E-state index >= 15 is 0 Å². The van der Waals surface area contributed by atoms with Crippen LogP contribution in [0.25, 0.3) is 0 Å². The van der Waals surface area contributed by atoms with Crippen LogP contribution < -0.4 is 14.8 Å². The Morgan fingerprint density at radius 1 is 1.26 bits per heavy atom. The Morgan fingerprint density at radius 3 is 2.91 bits per heavy atom. The van der Waals surface area contributed by atoms with E-state index in [9.17, 15) is 4.79 Å². The van der Waals surface area contributed by atoms with Crippen LogP contribution in [0.5, 0.6) is 11.5 Å². The Bertz CT molecular complexity index is 675. The van der Waals surface area contributed by atoms with Crippen LogP contribution in [0.1, 0.15) is 24.4 Å². The van der Waals surface area contributed by atoms with Crippen molar-refractivity contribution in [1.29, 1.82) is 0 Å². The molecule has 120 valence electrons. The summed E-state index contributed by atoms with van der Waals surface area (Å²) >= 11 is 6.04. The number of halogens is 1. The molecule has 4 nitrogen and oxygen atoms in total. The summed E-state index contributed by atoms with van der Waals surface area (Å²) in [5, 5.41) is 3.67. The van der Waals surface area contributed by atoms with Crippen molar-refractivity contribution in [3.63, 3.8) is 0 Å². The van der Waals surface area contributed by atoms with Crippen LogP contribution in [0.3, 0.4) is 0 Å². The van der Waals surface area contributed by atoms with Crippen molar-refractivity contribution >= 4 is 17.5 Å². The number of hydrogen-bond acceptors (Lipinski definition) is 3. The Morgan fingerprint density at radius 2 is 2.09 bits per heavy atom. The zero-order valence-corrected chi connectivity index (χ0v) is 13.4. The lowest BCUT2D eigenvalue weighted by Gasteiger charge is -2.27. The van der Waals surface area contributed by atoms with E-state index in [-0.39, 0.29) is 11.9 Å². The minimum Gasteiger partial charge on any atom is -0.493 e. The number of hydrogen-bond donors (Lipinski definition) is 1. The zero-order valence-electron chi connectivity index (χ0n) is 12.6. The van der Waals surface area contributed by atoms with Gasteiger partial charge in [-0.1, -0.05) is 29.8 Å². The van der Waals surface area contributed by atoms with Crippen molar-refractivity contribution in [2.45, 2.75) is 18.9 Å². The second kappa shape index (κ2) is 7.38. The molecule has 1 aliphatic heterocycles. The summed E-state index contributed by atoms with van der Waals surface area (Å²) in [6, 6.07) is 14.9. The Hall–Kier alpha value is -2.20. The molecule has 1 unspecified atom stereocenters. The largest absolute Gasteiger partial charge is 0.493 e. The third kappa shape index (κ3) is 4.17. The molecule has 2 aromatic rings. The lowest BCUT2D eigenvalue weighted by Crippen LogP contribution is -2.32. The minimum absolute atomic E-state index is 0.0428. The molecule has 1 amide bonds. The molecule has 0 spiro atoms. The Balaban J connectivity index is 1.54. The van der Waals surface area contributed by atoms with E-state index in [1.165, 1.54) is 0 Å². The lowest BCUT2D eigenvalue weighted by molar-refractivity contribution is -0.122. The van der Waals surface area contributed by atoms with Gasteiger partial charge in [0.05, 0.1) is 25.7 Å². The van der Waals surface area contributed by atoms with E-state index in [0.717, 1.165) is 23.5 Å². The average Bonchev–Trinajstić information content (AvgIpc) is 2.56. The maximum Gasteiger partial charge on any atom is 0.223 e. The van der Waals surface area contributed by atoms with Crippen molar-refractivity contribution < 1.29 is 14.3 Å². The van der Waals surface area contributed by atoms with E-state index < -0.39 is 0 Å². The van der Waals surface area contributed by atoms with Crippen LogP contribution in [-0.2, 0) is 4.79 Å². The molecule has 1 atom stereocenters. The molecule has 1 aliphatic rings. The maximum atomic E-state index is 12.1. The fourth-order valence-electron chi connectivity index (χ4n) is 2.56. The molecule has 23 heavy (non-hydrogen) atoms. The summed E-state index contributed by atoms with van der Waals surface area (Å²) in [5.74, 6) is 1.51. The summed E-state index contributed by atoms with van der Waals surface area (Å²) in [6.07, 6.45) is 1.04. The normalized spacial score (nSPS) is 16.1. The molecular formula is C18H18ClNO3. The van der Waals surface area contributed by atoms with Gasteiger partial charge in [-0.2, -0.15) is 0 Å². The van der Waals surface area contributed by atoms with Gasteiger partial charge in [0.15, 0.2) is 0 Å². The van der Waals surface area contributed by atoms with Gasteiger partial charge in [0.25, 0.3) is 0 Å². The zero-order chi connectivity index (χ0) is 16.1. The van der Waals surface area contributed by atoms with Crippen molar-refractivity contribution in [3.05, 3.63) is 59.1 Å². The predicted molar refractivity (Wildman–Crippen MR) is 89.0 cm³/mol. The molecule has 0 fully saturated rings. The number of fused-ring (bicyclic) bond motifs is 1. The predicted octanol–water partition coefficient (Wildman–Crippen LogP) is 3.75. The standard InChI is InChI=1S/C18H18ClNO3/c19-13-6-7-17-15(12-13)16(8-10-23-17)20-18(21)9-11-22-14-4-2-1-3-5-14/h1-7,12,16H,8-11H2,(H,20,21). The lowest BCUT2D eigenvalue weighted by atomic mass is 10.0. The van der Waals surface area contributed by atoms with Crippen molar-refractivity contribution in [3.8, 4) is 11.5 Å². The quantitative estimate of drug-likeness (QED) is 0.907. The first-order valence-electron chi connectivity index (χ1n) is 7.62. The van der Waals surface area contributed by atoms with E-state index in [1.54, 1.807) is 6.07 Å². The molecule has 2 aromatic carbocycles. The number of carbonyl (C=O) groups is 1. The number of carbonyl (C=O) groups excluding carboxylic acids is 1. The molecule has 1 N–H and O–H groups in total. The van der Waals surface area contributed by atoms with Crippen molar-refractivity contribution in [1.82, 2.24) is 5.32 Å². The van der Waals surface area contributed by atoms with Gasteiger partial charge in [-0.25, -0.2) is 0 Å². The molecule has 0 bridgehead atoms. The number of nitrogens with one attached hydrogen (secondary N) is 1. The molecular weight excluding hydrogens is 314 g/mol. The number of amides is 1. The van der Waals surface area contributed by atoms with Crippen LogP contribution in [-0.4, -0.2) is 19.1 Å². The van der Waals surface area contributed by atoms with Crippen LogP contribution in [0.4, 0.5) is 0 Å². The van der Waals surface area contributed by atoms with Crippen LogP contribution in [0.15, 0.2) is 48.5 Å². The molecule has 5 heteroatoms. The average molecular weight is 332 g/mol. The number of para-hydroxylation sites is 1. The van der Waals surface area contributed by atoms with Gasteiger partial charge in [0.1, 0.15) is 11.5 Å². The highest BCUT2D eigenvalue weighted by Gasteiger charge is 2.23. The summed E-state index contributed by atoms with van der Waals surface area (Å²) in [5.41, 5.74) is 0.932. The van der Waals surface area contributed by atoms with Crippen LogP contribution in [0, 0.1) is 0 Å². The molecule has 1 heterocycles. The fourth-order valence-corrected chi connectivity index (χ4v) is 2.74. The summed E-state index contributed by atoms with van der Waals surface area (Å²) < 4.78 is 11.1.